The summed E-state index contributed by atoms with van der Waals surface area (Å²) >= 11 is 0. The van der Waals surface area contributed by atoms with Gasteiger partial charge in [0.05, 0.1) is 0 Å². The fourth-order valence-corrected chi connectivity index (χ4v) is 1.97. The normalized spacial score (nSPS) is 12.6. The number of carbonyl (C=O) groups is 2. The van der Waals surface area contributed by atoms with E-state index in [9.17, 15) is 9.59 Å². The predicted molar refractivity (Wildman–Crippen MR) is 78.7 cm³/mol. The van der Waals surface area contributed by atoms with Crippen LogP contribution in [-0.2, 0) is 9.59 Å². The lowest BCUT2D eigenvalue weighted by Crippen LogP contribution is -2.37. The summed E-state index contributed by atoms with van der Waals surface area (Å²) < 4.78 is 0. The number of rotatable bonds is 9. The second-order valence-electron chi connectivity index (χ2n) is 5.87. The third-order valence-electron chi connectivity index (χ3n) is 3.09. The van der Waals surface area contributed by atoms with E-state index in [-0.39, 0.29) is 17.7 Å². The molecule has 0 saturated carbocycles. The Morgan fingerprint density at radius 3 is 2.11 bits per heavy atom. The monoisotopic (exact) mass is 270 g/mol. The van der Waals surface area contributed by atoms with Crippen LogP contribution in [-0.4, -0.2) is 24.9 Å². The van der Waals surface area contributed by atoms with Gasteiger partial charge in [-0.25, -0.2) is 0 Å². The number of amides is 2. The Morgan fingerprint density at radius 1 is 1.00 bits per heavy atom. The molecule has 0 radical (unpaired) electrons. The van der Waals surface area contributed by atoms with Crippen molar-refractivity contribution in [1.29, 1.82) is 0 Å². The summed E-state index contributed by atoms with van der Waals surface area (Å²) in [5, 5.41) is 5.68. The second-order valence-corrected chi connectivity index (χ2v) is 5.87. The molecule has 4 nitrogen and oxygen atoms in total. The van der Waals surface area contributed by atoms with Crippen LogP contribution >= 0.6 is 0 Å². The average molecular weight is 270 g/mol. The molecule has 0 aliphatic carbocycles. The Morgan fingerprint density at radius 2 is 1.63 bits per heavy atom. The van der Waals surface area contributed by atoms with Crippen LogP contribution in [0.5, 0.6) is 0 Å². The molecular formula is C15H30N2O2. The van der Waals surface area contributed by atoms with E-state index in [0.717, 1.165) is 12.8 Å². The van der Waals surface area contributed by atoms with Crippen LogP contribution in [0.1, 0.15) is 53.9 Å². The molecular weight excluding hydrogens is 240 g/mol. The molecule has 2 amide bonds. The van der Waals surface area contributed by atoms with Crippen molar-refractivity contribution in [3.63, 3.8) is 0 Å². The number of hydrogen-bond donors (Lipinski definition) is 2. The molecule has 0 aromatic carbocycles. The van der Waals surface area contributed by atoms with Crippen LogP contribution in [0.3, 0.4) is 0 Å². The van der Waals surface area contributed by atoms with E-state index in [1.54, 1.807) is 0 Å². The Kier molecular flexibility index (Phi) is 9.27. The van der Waals surface area contributed by atoms with E-state index in [2.05, 4.69) is 38.3 Å². The highest BCUT2D eigenvalue weighted by molar-refractivity contribution is 5.80. The highest BCUT2D eigenvalue weighted by atomic mass is 16.2. The molecule has 0 aliphatic rings. The summed E-state index contributed by atoms with van der Waals surface area (Å²) in [4.78, 5) is 23.5. The molecule has 2 N–H and O–H groups in total. The molecule has 0 heterocycles. The first-order valence-corrected chi connectivity index (χ1v) is 7.42. The number of nitrogens with one attached hydrogen (secondary N) is 2. The van der Waals surface area contributed by atoms with Crippen molar-refractivity contribution in [1.82, 2.24) is 10.6 Å². The summed E-state index contributed by atoms with van der Waals surface area (Å²) in [5.74, 6) is 0.958. The van der Waals surface area contributed by atoms with Crippen molar-refractivity contribution >= 4 is 11.8 Å². The molecule has 19 heavy (non-hydrogen) atoms. The summed E-state index contributed by atoms with van der Waals surface area (Å²) in [5.41, 5.74) is 0. The molecule has 1 unspecified atom stereocenters. The molecule has 1 atom stereocenters. The molecule has 0 spiro atoms. The van der Waals surface area contributed by atoms with Gasteiger partial charge in [-0.1, -0.05) is 34.6 Å². The third-order valence-corrected chi connectivity index (χ3v) is 3.09. The predicted octanol–water partition coefficient (Wildman–Crippen LogP) is 2.34. The summed E-state index contributed by atoms with van der Waals surface area (Å²) in [6.45, 7) is 11.5. The second kappa shape index (κ2) is 9.82. The van der Waals surface area contributed by atoms with Crippen molar-refractivity contribution in [2.45, 2.75) is 53.9 Å². The molecule has 0 rings (SSSR count). The van der Waals surface area contributed by atoms with E-state index in [0.29, 0.717) is 31.3 Å². The van der Waals surface area contributed by atoms with Gasteiger partial charge >= 0.3 is 0 Å². The molecule has 0 aromatic rings. The van der Waals surface area contributed by atoms with Gasteiger partial charge in [-0.05, 0) is 24.7 Å². The fraction of sp³-hybridized carbons (Fsp3) is 0.867. The molecule has 0 bridgehead atoms. The maximum absolute atomic E-state index is 12.1. The molecule has 0 aliphatic heterocycles. The van der Waals surface area contributed by atoms with Gasteiger partial charge in [-0.15, -0.1) is 0 Å². The van der Waals surface area contributed by atoms with Crippen molar-refractivity contribution in [3.8, 4) is 0 Å². The van der Waals surface area contributed by atoms with E-state index >= 15 is 0 Å². The van der Waals surface area contributed by atoms with Crippen LogP contribution in [0.25, 0.3) is 0 Å². The Labute approximate surface area is 117 Å². The molecule has 0 fully saturated rings. The zero-order valence-corrected chi connectivity index (χ0v) is 13.1. The smallest absolute Gasteiger partial charge is 0.223 e. The minimum absolute atomic E-state index is 0.00658. The van der Waals surface area contributed by atoms with Gasteiger partial charge < -0.3 is 10.6 Å². The van der Waals surface area contributed by atoms with Gasteiger partial charge in [0, 0.05) is 25.4 Å². The first kappa shape index (κ1) is 17.9. The zero-order chi connectivity index (χ0) is 14.8. The van der Waals surface area contributed by atoms with Crippen LogP contribution < -0.4 is 10.6 Å². The standard InChI is InChI=1S/C15H30N2O2/c1-6-8-16-14(18)7-9-17-15(19)13(12(4)5)10-11(2)3/h11-13H,6-10H2,1-5H3,(H,16,18)(H,17,19). The molecule has 0 aromatic heterocycles. The highest BCUT2D eigenvalue weighted by Gasteiger charge is 2.22. The van der Waals surface area contributed by atoms with Crippen molar-refractivity contribution in [3.05, 3.63) is 0 Å². The van der Waals surface area contributed by atoms with Gasteiger partial charge in [-0.3, -0.25) is 9.59 Å². The highest BCUT2D eigenvalue weighted by Crippen LogP contribution is 2.20. The first-order valence-electron chi connectivity index (χ1n) is 7.42. The van der Waals surface area contributed by atoms with E-state index < -0.39 is 0 Å². The Hall–Kier alpha value is -1.06. The average Bonchev–Trinajstić information content (AvgIpc) is 2.32. The van der Waals surface area contributed by atoms with Gasteiger partial charge in [-0.2, -0.15) is 0 Å². The molecule has 4 heteroatoms. The van der Waals surface area contributed by atoms with E-state index in [4.69, 9.17) is 0 Å². The zero-order valence-electron chi connectivity index (χ0n) is 13.1. The van der Waals surface area contributed by atoms with Gasteiger partial charge in [0.1, 0.15) is 0 Å². The summed E-state index contributed by atoms with van der Waals surface area (Å²) in [6.07, 6.45) is 2.19. The first-order chi connectivity index (χ1) is 8.88. The lowest BCUT2D eigenvalue weighted by molar-refractivity contribution is -0.127. The van der Waals surface area contributed by atoms with Crippen LogP contribution in [0.2, 0.25) is 0 Å². The largest absolute Gasteiger partial charge is 0.356 e. The summed E-state index contributed by atoms with van der Waals surface area (Å²) in [7, 11) is 0. The summed E-state index contributed by atoms with van der Waals surface area (Å²) in [6, 6.07) is 0. The molecule has 112 valence electrons. The van der Waals surface area contributed by atoms with Crippen molar-refractivity contribution < 1.29 is 9.59 Å². The van der Waals surface area contributed by atoms with E-state index in [1.165, 1.54) is 0 Å². The van der Waals surface area contributed by atoms with Gasteiger partial charge in [0.15, 0.2) is 0 Å². The maximum atomic E-state index is 12.1. The molecule has 0 saturated heterocycles. The van der Waals surface area contributed by atoms with Gasteiger partial charge in [0.25, 0.3) is 0 Å². The lowest BCUT2D eigenvalue weighted by Gasteiger charge is -2.22. The number of hydrogen-bond acceptors (Lipinski definition) is 2. The van der Waals surface area contributed by atoms with Crippen LogP contribution in [0.15, 0.2) is 0 Å². The minimum Gasteiger partial charge on any atom is -0.356 e. The van der Waals surface area contributed by atoms with Crippen LogP contribution in [0.4, 0.5) is 0 Å². The van der Waals surface area contributed by atoms with E-state index in [1.807, 2.05) is 6.92 Å². The quantitative estimate of drug-likeness (QED) is 0.675. The Bertz CT molecular complexity index is 275. The minimum atomic E-state index is 0.00658. The van der Waals surface area contributed by atoms with Crippen molar-refractivity contribution in [2.24, 2.45) is 17.8 Å². The SMILES string of the molecule is CCCNC(=O)CCNC(=O)C(CC(C)C)C(C)C. The Balaban J connectivity index is 4.02. The third kappa shape index (κ3) is 8.62. The van der Waals surface area contributed by atoms with Crippen molar-refractivity contribution in [2.75, 3.05) is 13.1 Å². The fourth-order valence-electron chi connectivity index (χ4n) is 1.97. The lowest BCUT2D eigenvalue weighted by atomic mass is 9.87. The topological polar surface area (TPSA) is 58.2 Å². The van der Waals surface area contributed by atoms with Gasteiger partial charge in [0.2, 0.25) is 11.8 Å². The van der Waals surface area contributed by atoms with Crippen LogP contribution in [0, 0.1) is 17.8 Å². The number of carbonyl (C=O) groups excluding carboxylic acids is 2. The maximum Gasteiger partial charge on any atom is 0.223 e.